The second-order valence-electron chi connectivity index (χ2n) is 6.63. The third kappa shape index (κ3) is 3.97. The van der Waals surface area contributed by atoms with E-state index in [1.54, 1.807) is 26.8 Å². The summed E-state index contributed by atoms with van der Waals surface area (Å²) in [7, 11) is 0. The summed E-state index contributed by atoms with van der Waals surface area (Å²) >= 11 is 0. The maximum atomic E-state index is 13.0. The maximum absolute atomic E-state index is 13.0. The molecule has 3 amide bonds. The predicted octanol–water partition coefficient (Wildman–Crippen LogP) is 0.865. The molecule has 1 aromatic carbocycles. The van der Waals surface area contributed by atoms with Gasteiger partial charge in [0.05, 0.1) is 5.92 Å². The molecule has 0 radical (unpaired) electrons. The molecule has 0 unspecified atom stereocenters. The molecule has 25 heavy (non-hydrogen) atoms. The highest BCUT2D eigenvalue weighted by atomic mass is 19.1. The third-order valence-electron chi connectivity index (χ3n) is 4.89. The summed E-state index contributed by atoms with van der Waals surface area (Å²) in [5.74, 6) is -0.692. The Labute approximate surface area is 146 Å². The number of likely N-dealkylation sites (tertiary alicyclic amines) is 1. The van der Waals surface area contributed by atoms with Crippen molar-refractivity contribution >= 4 is 17.7 Å². The van der Waals surface area contributed by atoms with Gasteiger partial charge in [0.15, 0.2) is 0 Å². The van der Waals surface area contributed by atoms with E-state index in [4.69, 9.17) is 0 Å². The molecule has 1 atom stereocenters. The lowest BCUT2D eigenvalue weighted by Gasteiger charge is -2.35. The first-order chi connectivity index (χ1) is 11.9. The molecule has 2 aliphatic rings. The van der Waals surface area contributed by atoms with Gasteiger partial charge in [0, 0.05) is 52.6 Å². The number of benzene rings is 1. The lowest BCUT2D eigenvalue weighted by Crippen LogP contribution is -2.51. The number of hydrogen-bond acceptors (Lipinski definition) is 3. The fraction of sp³-hybridized carbons (Fsp3) is 0.500. The van der Waals surface area contributed by atoms with Crippen LogP contribution in [-0.2, 0) is 20.9 Å². The lowest BCUT2D eigenvalue weighted by atomic mass is 10.1. The topological polar surface area (TPSA) is 60.9 Å². The van der Waals surface area contributed by atoms with Gasteiger partial charge in [-0.3, -0.25) is 14.4 Å². The highest BCUT2D eigenvalue weighted by molar-refractivity contribution is 5.89. The van der Waals surface area contributed by atoms with Crippen molar-refractivity contribution in [3.05, 3.63) is 35.6 Å². The highest BCUT2D eigenvalue weighted by Gasteiger charge is 2.37. The molecule has 2 heterocycles. The fourth-order valence-electron chi connectivity index (χ4n) is 3.40. The Bertz CT molecular complexity index is 669. The van der Waals surface area contributed by atoms with E-state index in [1.165, 1.54) is 19.1 Å². The molecule has 0 saturated carbocycles. The second-order valence-corrected chi connectivity index (χ2v) is 6.63. The largest absolute Gasteiger partial charge is 0.339 e. The van der Waals surface area contributed by atoms with Crippen molar-refractivity contribution in [2.24, 2.45) is 5.92 Å². The van der Waals surface area contributed by atoms with E-state index in [2.05, 4.69) is 0 Å². The van der Waals surface area contributed by atoms with Crippen LogP contribution in [-0.4, -0.2) is 65.1 Å². The molecule has 0 aromatic heterocycles. The number of amides is 3. The summed E-state index contributed by atoms with van der Waals surface area (Å²) in [6, 6.07) is 6.04. The van der Waals surface area contributed by atoms with Crippen LogP contribution in [0.3, 0.4) is 0 Å². The SMILES string of the molecule is CC(=O)N1CCN(C(=O)[C@@H]2CC(=O)N(Cc3ccc(F)cc3)C2)CC1. The van der Waals surface area contributed by atoms with E-state index in [-0.39, 0.29) is 35.9 Å². The molecule has 0 aliphatic carbocycles. The van der Waals surface area contributed by atoms with E-state index >= 15 is 0 Å². The minimum atomic E-state index is -0.336. The zero-order valence-corrected chi connectivity index (χ0v) is 14.3. The Morgan fingerprint density at radius 2 is 1.68 bits per heavy atom. The van der Waals surface area contributed by atoms with Gasteiger partial charge < -0.3 is 14.7 Å². The number of rotatable bonds is 3. The molecule has 1 aromatic rings. The normalized spacial score (nSPS) is 21.0. The Balaban J connectivity index is 1.56. The smallest absolute Gasteiger partial charge is 0.228 e. The Kier molecular flexibility index (Phi) is 5.01. The number of piperazine rings is 1. The Morgan fingerprint density at radius 1 is 1.08 bits per heavy atom. The van der Waals surface area contributed by atoms with Gasteiger partial charge in [-0.05, 0) is 17.7 Å². The van der Waals surface area contributed by atoms with Crippen LogP contribution in [0.2, 0.25) is 0 Å². The van der Waals surface area contributed by atoms with Crippen molar-refractivity contribution in [2.75, 3.05) is 32.7 Å². The molecule has 3 rings (SSSR count). The van der Waals surface area contributed by atoms with E-state index in [0.717, 1.165) is 5.56 Å². The lowest BCUT2D eigenvalue weighted by molar-refractivity contribution is -0.141. The first kappa shape index (κ1) is 17.4. The molecule has 2 aliphatic heterocycles. The minimum Gasteiger partial charge on any atom is -0.339 e. The Hall–Kier alpha value is -2.44. The zero-order chi connectivity index (χ0) is 18.0. The van der Waals surface area contributed by atoms with Gasteiger partial charge >= 0.3 is 0 Å². The van der Waals surface area contributed by atoms with Gasteiger partial charge in [0.2, 0.25) is 17.7 Å². The number of carbonyl (C=O) groups is 3. The summed E-state index contributed by atoms with van der Waals surface area (Å²) in [5, 5.41) is 0. The standard InChI is InChI=1S/C18H22FN3O3/c1-13(23)20-6-8-21(9-7-20)18(25)15-10-17(24)22(12-15)11-14-2-4-16(19)5-3-14/h2-5,15H,6-12H2,1H3/t15-/m1/s1. The summed E-state index contributed by atoms with van der Waals surface area (Å²) in [5.41, 5.74) is 0.845. The number of nitrogens with zero attached hydrogens (tertiary/aromatic N) is 3. The Morgan fingerprint density at radius 3 is 2.28 bits per heavy atom. The average Bonchev–Trinajstić information content (AvgIpc) is 2.97. The first-order valence-corrected chi connectivity index (χ1v) is 8.50. The summed E-state index contributed by atoms with van der Waals surface area (Å²) in [4.78, 5) is 41.4. The molecular formula is C18H22FN3O3. The van der Waals surface area contributed by atoms with Crippen LogP contribution in [0, 0.1) is 11.7 Å². The number of hydrogen-bond donors (Lipinski definition) is 0. The molecule has 134 valence electrons. The van der Waals surface area contributed by atoms with Crippen molar-refractivity contribution in [1.82, 2.24) is 14.7 Å². The van der Waals surface area contributed by atoms with Crippen LogP contribution in [0.15, 0.2) is 24.3 Å². The van der Waals surface area contributed by atoms with Crippen LogP contribution < -0.4 is 0 Å². The number of carbonyl (C=O) groups excluding carboxylic acids is 3. The van der Waals surface area contributed by atoms with Crippen molar-refractivity contribution < 1.29 is 18.8 Å². The van der Waals surface area contributed by atoms with Crippen LogP contribution in [0.25, 0.3) is 0 Å². The van der Waals surface area contributed by atoms with Gasteiger partial charge in [0.1, 0.15) is 5.82 Å². The molecule has 0 bridgehead atoms. The molecular weight excluding hydrogens is 325 g/mol. The van der Waals surface area contributed by atoms with Gasteiger partial charge in [-0.15, -0.1) is 0 Å². The quantitative estimate of drug-likeness (QED) is 0.815. The molecule has 0 N–H and O–H groups in total. The number of halogens is 1. The van der Waals surface area contributed by atoms with Crippen molar-refractivity contribution in [1.29, 1.82) is 0 Å². The minimum absolute atomic E-state index is 0.0156. The van der Waals surface area contributed by atoms with Gasteiger partial charge in [-0.1, -0.05) is 12.1 Å². The van der Waals surface area contributed by atoms with Gasteiger partial charge in [0.25, 0.3) is 0 Å². The third-order valence-corrected chi connectivity index (χ3v) is 4.89. The van der Waals surface area contributed by atoms with E-state index in [9.17, 15) is 18.8 Å². The molecule has 2 saturated heterocycles. The molecule has 6 nitrogen and oxygen atoms in total. The summed E-state index contributed by atoms with van der Waals surface area (Å²) < 4.78 is 13.0. The molecule has 2 fully saturated rings. The molecule has 0 spiro atoms. The zero-order valence-electron chi connectivity index (χ0n) is 14.3. The van der Waals surface area contributed by atoms with Crippen LogP contribution >= 0.6 is 0 Å². The van der Waals surface area contributed by atoms with Crippen LogP contribution in [0.4, 0.5) is 4.39 Å². The van der Waals surface area contributed by atoms with Gasteiger partial charge in [-0.2, -0.15) is 0 Å². The van der Waals surface area contributed by atoms with Crippen molar-refractivity contribution in [3.8, 4) is 0 Å². The van der Waals surface area contributed by atoms with Crippen LogP contribution in [0.5, 0.6) is 0 Å². The highest BCUT2D eigenvalue weighted by Crippen LogP contribution is 2.23. The first-order valence-electron chi connectivity index (χ1n) is 8.50. The average molecular weight is 347 g/mol. The fourth-order valence-corrected chi connectivity index (χ4v) is 3.40. The van der Waals surface area contributed by atoms with E-state index in [0.29, 0.717) is 39.3 Å². The van der Waals surface area contributed by atoms with Crippen LogP contribution in [0.1, 0.15) is 18.9 Å². The second kappa shape index (κ2) is 7.21. The maximum Gasteiger partial charge on any atom is 0.228 e. The van der Waals surface area contributed by atoms with Crippen molar-refractivity contribution in [3.63, 3.8) is 0 Å². The van der Waals surface area contributed by atoms with E-state index in [1.807, 2.05) is 0 Å². The summed E-state index contributed by atoms with van der Waals surface area (Å²) in [6.45, 7) is 4.42. The molecule has 7 heteroatoms. The monoisotopic (exact) mass is 347 g/mol. The predicted molar refractivity (Wildman–Crippen MR) is 88.8 cm³/mol. The summed E-state index contributed by atoms with van der Waals surface area (Å²) in [6.07, 6.45) is 0.215. The van der Waals surface area contributed by atoms with Gasteiger partial charge in [-0.25, -0.2) is 4.39 Å². The van der Waals surface area contributed by atoms with Crippen molar-refractivity contribution in [2.45, 2.75) is 19.9 Å². The van der Waals surface area contributed by atoms with E-state index < -0.39 is 0 Å².